The van der Waals surface area contributed by atoms with Crippen LogP contribution >= 0.6 is 7.60 Å². The predicted octanol–water partition coefficient (Wildman–Crippen LogP) is 4.91. The van der Waals surface area contributed by atoms with E-state index in [1.54, 1.807) is 13.0 Å². The van der Waals surface area contributed by atoms with Gasteiger partial charge >= 0.3 is 13.6 Å². The minimum atomic E-state index is -4.52. The standard InChI is InChI=1S/C19H33O5P/c1-6-24-19(20)18(25(21,22)23)14-13-17(5)12-8-11-16(4)10-7-9-15(2)3/h9,11,13,18H,6-8,10,12,14H2,1-5H3,(H2,21,22,23). The van der Waals surface area contributed by atoms with E-state index in [0.717, 1.165) is 31.3 Å². The van der Waals surface area contributed by atoms with Crippen molar-refractivity contribution in [3.63, 3.8) is 0 Å². The molecule has 0 aromatic heterocycles. The molecular weight excluding hydrogens is 339 g/mol. The number of hydrogen-bond acceptors (Lipinski definition) is 3. The highest BCUT2D eigenvalue weighted by Crippen LogP contribution is 2.44. The van der Waals surface area contributed by atoms with E-state index in [0.29, 0.717) is 0 Å². The van der Waals surface area contributed by atoms with E-state index in [1.165, 1.54) is 11.1 Å². The van der Waals surface area contributed by atoms with Crippen LogP contribution in [0.4, 0.5) is 0 Å². The zero-order valence-corrected chi connectivity index (χ0v) is 17.0. The Balaban J connectivity index is 4.53. The van der Waals surface area contributed by atoms with Crippen LogP contribution in [0, 0.1) is 0 Å². The number of esters is 1. The van der Waals surface area contributed by atoms with E-state index in [4.69, 9.17) is 4.74 Å². The number of hydrogen-bond donors (Lipinski definition) is 2. The lowest BCUT2D eigenvalue weighted by Gasteiger charge is -2.15. The molecule has 0 radical (unpaired) electrons. The molecule has 0 rings (SSSR count). The van der Waals surface area contributed by atoms with Gasteiger partial charge in [-0.2, -0.15) is 0 Å². The maximum atomic E-state index is 11.7. The van der Waals surface area contributed by atoms with E-state index in [2.05, 4.69) is 32.9 Å². The second kappa shape index (κ2) is 12.2. The van der Waals surface area contributed by atoms with Crippen LogP contribution in [0.5, 0.6) is 0 Å². The number of carbonyl (C=O) groups is 1. The summed E-state index contributed by atoms with van der Waals surface area (Å²) in [6.07, 6.45) is 9.91. The zero-order chi connectivity index (χ0) is 19.5. The monoisotopic (exact) mass is 372 g/mol. The van der Waals surface area contributed by atoms with Gasteiger partial charge in [0.2, 0.25) is 0 Å². The van der Waals surface area contributed by atoms with Crippen LogP contribution < -0.4 is 0 Å². The second-order valence-electron chi connectivity index (χ2n) is 6.55. The summed E-state index contributed by atoms with van der Waals surface area (Å²) in [7, 11) is -4.52. The predicted molar refractivity (Wildman–Crippen MR) is 102 cm³/mol. The van der Waals surface area contributed by atoms with Gasteiger partial charge in [0.05, 0.1) is 6.61 Å². The van der Waals surface area contributed by atoms with Gasteiger partial charge in [0.25, 0.3) is 0 Å². The van der Waals surface area contributed by atoms with E-state index in [1.807, 2.05) is 6.92 Å². The summed E-state index contributed by atoms with van der Waals surface area (Å²) in [5.74, 6) is -0.838. The van der Waals surface area contributed by atoms with Gasteiger partial charge in [0, 0.05) is 0 Å². The van der Waals surface area contributed by atoms with E-state index >= 15 is 0 Å². The van der Waals surface area contributed by atoms with Crippen molar-refractivity contribution in [3.8, 4) is 0 Å². The van der Waals surface area contributed by atoms with Gasteiger partial charge in [-0.3, -0.25) is 9.36 Å². The molecule has 0 saturated heterocycles. The molecule has 2 N–H and O–H groups in total. The van der Waals surface area contributed by atoms with Crippen molar-refractivity contribution in [2.45, 2.75) is 72.4 Å². The fraction of sp³-hybridized carbons (Fsp3) is 0.632. The number of rotatable bonds is 11. The Hall–Kier alpha value is -1.16. The summed E-state index contributed by atoms with van der Waals surface area (Å²) in [5, 5.41) is 0. The lowest BCUT2D eigenvalue weighted by atomic mass is 10.1. The molecule has 0 aliphatic heterocycles. The molecule has 0 aliphatic rings. The fourth-order valence-corrected chi connectivity index (χ4v) is 2.99. The van der Waals surface area contributed by atoms with Crippen LogP contribution in [-0.2, 0) is 14.1 Å². The largest absolute Gasteiger partial charge is 0.465 e. The van der Waals surface area contributed by atoms with Gasteiger partial charge in [-0.15, -0.1) is 0 Å². The Kier molecular flexibility index (Phi) is 11.7. The molecule has 25 heavy (non-hydrogen) atoms. The second-order valence-corrected chi connectivity index (χ2v) is 8.35. The summed E-state index contributed by atoms with van der Waals surface area (Å²) >= 11 is 0. The third-order valence-electron chi connectivity index (χ3n) is 3.78. The molecule has 144 valence electrons. The topological polar surface area (TPSA) is 83.8 Å². The minimum absolute atomic E-state index is 0.00177. The summed E-state index contributed by atoms with van der Waals surface area (Å²) < 4.78 is 16.2. The van der Waals surface area contributed by atoms with E-state index in [9.17, 15) is 19.1 Å². The summed E-state index contributed by atoms with van der Waals surface area (Å²) in [6.45, 7) is 9.93. The van der Waals surface area contributed by atoms with E-state index < -0.39 is 19.2 Å². The Morgan fingerprint density at radius 2 is 1.52 bits per heavy atom. The molecule has 0 amide bonds. The van der Waals surface area contributed by atoms with Gasteiger partial charge in [-0.05, 0) is 66.7 Å². The molecule has 0 aromatic carbocycles. The maximum Gasteiger partial charge on any atom is 0.340 e. The van der Waals surface area contributed by atoms with Gasteiger partial charge in [-0.25, -0.2) is 0 Å². The molecule has 0 aliphatic carbocycles. The van der Waals surface area contributed by atoms with Crippen molar-refractivity contribution in [1.29, 1.82) is 0 Å². The normalized spacial score (nSPS) is 14.2. The van der Waals surface area contributed by atoms with Crippen molar-refractivity contribution < 1.29 is 23.9 Å². The van der Waals surface area contributed by atoms with Gasteiger partial charge in [0.15, 0.2) is 5.66 Å². The van der Waals surface area contributed by atoms with Crippen LogP contribution in [0.2, 0.25) is 0 Å². The molecule has 0 fully saturated rings. The molecule has 0 aromatic rings. The first-order valence-corrected chi connectivity index (χ1v) is 10.4. The van der Waals surface area contributed by atoms with Crippen LogP contribution in [0.1, 0.15) is 66.7 Å². The maximum absolute atomic E-state index is 11.7. The lowest BCUT2D eigenvalue weighted by Crippen LogP contribution is -2.23. The highest BCUT2D eigenvalue weighted by atomic mass is 31.2. The van der Waals surface area contributed by atoms with Crippen molar-refractivity contribution in [2.24, 2.45) is 0 Å². The van der Waals surface area contributed by atoms with Crippen molar-refractivity contribution in [2.75, 3.05) is 6.61 Å². The average molecular weight is 372 g/mol. The first-order chi connectivity index (χ1) is 11.6. The molecular formula is C19H33O5P. The Labute approximate surface area is 152 Å². The number of carbonyl (C=O) groups excluding carboxylic acids is 1. The van der Waals surface area contributed by atoms with Crippen molar-refractivity contribution in [3.05, 3.63) is 34.9 Å². The minimum Gasteiger partial charge on any atom is -0.465 e. The SMILES string of the molecule is CCOC(=O)C(CC=C(C)CCC=C(C)CCC=C(C)C)P(=O)(O)O. The molecule has 0 heterocycles. The zero-order valence-electron chi connectivity index (χ0n) is 16.1. The third kappa shape index (κ3) is 11.9. The molecule has 5 nitrogen and oxygen atoms in total. The molecule has 1 atom stereocenters. The first kappa shape index (κ1) is 23.8. The first-order valence-electron chi connectivity index (χ1n) is 8.74. The molecule has 0 spiro atoms. The highest BCUT2D eigenvalue weighted by molar-refractivity contribution is 7.53. The summed E-state index contributed by atoms with van der Waals surface area (Å²) in [5.41, 5.74) is 2.26. The lowest BCUT2D eigenvalue weighted by molar-refractivity contribution is -0.142. The van der Waals surface area contributed by atoms with Crippen LogP contribution in [-0.4, -0.2) is 28.0 Å². The molecule has 0 bridgehead atoms. The smallest absolute Gasteiger partial charge is 0.340 e. The Bertz CT molecular complexity index is 550. The molecule has 0 saturated carbocycles. The molecule has 6 heteroatoms. The van der Waals surface area contributed by atoms with Crippen LogP contribution in [0.3, 0.4) is 0 Å². The Morgan fingerprint density at radius 1 is 1.00 bits per heavy atom. The van der Waals surface area contributed by atoms with Crippen LogP contribution in [0.15, 0.2) is 34.9 Å². The third-order valence-corrected chi connectivity index (χ3v) is 5.01. The van der Waals surface area contributed by atoms with Gasteiger partial charge in [0.1, 0.15) is 0 Å². The van der Waals surface area contributed by atoms with Crippen molar-refractivity contribution >= 4 is 13.6 Å². The van der Waals surface area contributed by atoms with E-state index in [-0.39, 0.29) is 13.0 Å². The van der Waals surface area contributed by atoms with Gasteiger partial charge < -0.3 is 14.5 Å². The molecule has 1 unspecified atom stereocenters. The number of allylic oxidation sites excluding steroid dienone is 6. The summed E-state index contributed by atoms with van der Waals surface area (Å²) in [4.78, 5) is 30.3. The fourth-order valence-electron chi connectivity index (χ4n) is 2.26. The van der Waals surface area contributed by atoms with Crippen molar-refractivity contribution in [1.82, 2.24) is 0 Å². The number of ether oxygens (including phenoxy) is 1. The Morgan fingerprint density at radius 3 is 2.00 bits per heavy atom. The van der Waals surface area contributed by atoms with Gasteiger partial charge in [-0.1, -0.05) is 34.9 Å². The van der Waals surface area contributed by atoms with Crippen LogP contribution in [0.25, 0.3) is 0 Å². The summed E-state index contributed by atoms with van der Waals surface area (Å²) in [6, 6.07) is 0. The quantitative estimate of drug-likeness (QED) is 0.306. The average Bonchev–Trinajstić information content (AvgIpc) is 2.45. The highest BCUT2D eigenvalue weighted by Gasteiger charge is 2.35.